The van der Waals surface area contributed by atoms with E-state index in [4.69, 9.17) is 5.21 Å². The van der Waals surface area contributed by atoms with Gasteiger partial charge in [0.15, 0.2) is 0 Å². The van der Waals surface area contributed by atoms with Gasteiger partial charge in [-0.3, -0.25) is 19.6 Å². The van der Waals surface area contributed by atoms with Crippen molar-refractivity contribution in [1.82, 2.24) is 15.4 Å². The molecule has 0 aliphatic rings. The van der Waals surface area contributed by atoms with Crippen molar-refractivity contribution in [1.29, 1.82) is 0 Å². The summed E-state index contributed by atoms with van der Waals surface area (Å²) in [5.74, 6) is -1.03. The van der Waals surface area contributed by atoms with Crippen LogP contribution in [0.2, 0.25) is 0 Å². The molecule has 0 aliphatic heterocycles. The predicted molar refractivity (Wildman–Crippen MR) is 130 cm³/mol. The van der Waals surface area contributed by atoms with Crippen LogP contribution >= 0.6 is 0 Å². The number of nitrogens with one attached hydrogen (secondary N) is 3. The molecule has 0 atom stereocenters. The first kappa shape index (κ1) is 22.8. The Bertz CT molecular complexity index is 1370. The number of anilines is 1. The van der Waals surface area contributed by atoms with Gasteiger partial charge in [-0.2, -0.15) is 0 Å². The number of fused-ring (bicyclic) bond motifs is 1. The molecule has 8 nitrogen and oxygen atoms in total. The normalized spacial score (nSPS) is 10.7. The molecular weight excluding hydrogens is 432 g/mol. The highest BCUT2D eigenvalue weighted by molar-refractivity contribution is 6.00. The number of aromatic amines is 1. The number of benzene rings is 3. The Labute approximate surface area is 196 Å². The van der Waals surface area contributed by atoms with Crippen molar-refractivity contribution in [2.75, 3.05) is 19.4 Å². The fourth-order valence-electron chi connectivity index (χ4n) is 3.78. The van der Waals surface area contributed by atoms with Crippen LogP contribution in [-0.2, 0) is 11.2 Å². The Morgan fingerprint density at radius 1 is 0.912 bits per heavy atom. The molecule has 0 radical (unpaired) electrons. The van der Waals surface area contributed by atoms with Crippen LogP contribution in [0, 0.1) is 0 Å². The molecule has 1 aromatic heterocycles. The topological polar surface area (TPSA) is 115 Å². The largest absolute Gasteiger partial charge is 0.361 e. The molecule has 0 saturated heterocycles. The van der Waals surface area contributed by atoms with Crippen molar-refractivity contribution < 1.29 is 19.6 Å². The number of rotatable bonds is 6. The summed E-state index contributed by atoms with van der Waals surface area (Å²) in [6.07, 6.45) is 2.00. The van der Waals surface area contributed by atoms with E-state index in [-0.39, 0.29) is 18.2 Å². The minimum atomic E-state index is -0.617. The summed E-state index contributed by atoms with van der Waals surface area (Å²) >= 11 is 0. The molecule has 8 heteroatoms. The lowest BCUT2D eigenvalue weighted by molar-refractivity contribution is -0.115. The summed E-state index contributed by atoms with van der Waals surface area (Å²) in [7, 11) is 3.32. The van der Waals surface area contributed by atoms with Crippen molar-refractivity contribution in [3.05, 3.63) is 89.6 Å². The first-order valence-electron chi connectivity index (χ1n) is 10.6. The van der Waals surface area contributed by atoms with Crippen molar-refractivity contribution >= 4 is 34.3 Å². The molecule has 172 valence electrons. The van der Waals surface area contributed by atoms with Crippen LogP contribution in [0.4, 0.5) is 5.69 Å². The molecule has 0 unspecified atom stereocenters. The number of carbonyl (C=O) groups excluding carboxylic acids is 3. The van der Waals surface area contributed by atoms with E-state index >= 15 is 0 Å². The zero-order chi connectivity index (χ0) is 24.2. The van der Waals surface area contributed by atoms with E-state index in [2.05, 4.69) is 10.3 Å². The summed E-state index contributed by atoms with van der Waals surface area (Å²) in [4.78, 5) is 41.8. The number of hydrogen-bond acceptors (Lipinski definition) is 4. The Morgan fingerprint density at radius 3 is 2.35 bits per heavy atom. The first-order valence-corrected chi connectivity index (χ1v) is 10.6. The lowest BCUT2D eigenvalue weighted by Crippen LogP contribution is -2.22. The second-order valence-electron chi connectivity index (χ2n) is 8.10. The number of hydrogen-bond donors (Lipinski definition) is 4. The maximum Gasteiger partial charge on any atom is 0.274 e. The van der Waals surface area contributed by atoms with Crippen molar-refractivity contribution in [3.8, 4) is 11.1 Å². The molecule has 0 bridgehead atoms. The fourth-order valence-corrected chi connectivity index (χ4v) is 3.78. The summed E-state index contributed by atoms with van der Waals surface area (Å²) in [5.41, 5.74) is 6.09. The Morgan fingerprint density at radius 2 is 1.65 bits per heavy atom. The van der Waals surface area contributed by atoms with Gasteiger partial charge >= 0.3 is 0 Å². The summed E-state index contributed by atoms with van der Waals surface area (Å²) in [6, 6.07) is 19.5. The Hall–Kier alpha value is -4.43. The van der Waals surface area contributed by atoms with Gasteiger partial charge in [-0.25, -0.2) is 5.48 Å². The van der Waals surface area contributed by atoms with Gasteiger partial charge in [0.1, 0.15) is 0 Å². The molecule has 3 aromatic carbocycles. The molecule has 0 aliphatic carbocycles. The summed E-state index contributed by atoms with van der Waals surface area (Å²) < 4.78 is 0. The van der Waals surface area contributed by atoms with Crippen LogP contribution in [0.3, 0.4) is 0 Å². The van der Waals surface area contributed by atoms with E-state index in [1.807, 2.05) is 30.5 Å². The van der Waals surface area contributed by atoms with Gasteiger partial charge in [0.25, 0.3) is 11.8 Å². The van der Waals surface area contributed by atoms with E-state index in [1.165, 1.54) is 4.90 Å². The molecule has 4 N–H and O–H groups in total. The van der Waals surface area contributed by atoms with Crippen molar-refractivity contribution in [2.24, 2.45) is 0 Å². The van der Waals surface area contributed by atoms with Crippen LogP contribution in [0.1, 0.15) is 26.3 Å². The highest BCUT2D eigenvalue weighted by Gasteiger charge is 2.15. The molecule has 4 rings (SSSR count). The highest BCUT2D eigenvalue weighted by atomic mass is 16.5. The van der Waals surface area contributed by atoms with Gasteiger partial charge in [0.2, 0.25) is 5.91 Å². The first-order chi connectivity index (χ1) is 16.4. The van der Waals surface area contributed by atoms with E-state index in [0.29, 0.717) is 22.4 Å². The average molecular weight is 457 g/mol. The molecule has 34 heavy (non-hydrogen) atoms. The standard InChI is InChI=1S/C26H24N4O4/c1-30(2)26(33)19-11-18(16-7-9-17(10-8-16)25(32)29-34)12-21(13-19)28-24(31)14-20-15-27-23-6-4-3-5-22(20)23/h3-13,15,27,34H,14H2,1-2H3,(H,28,31)(H,29,32). The maximum absolute atomic E-state index is 12.9. The van der Waals surface area contributed by atoms with E-state index in [9.17, 15) is 14.4 Å². The molecule has 3 amide bonds. The zero-order valence-corrected chi connectivity index (χ0v) is 18.8. The summed E-state index contributed by atoms with van der Waals surface area (Å²) in [6.45, 7) is 0. The second-order valence-corrected chi connectivity index (χ2v) is 8.10. The van der Waals surface area contributed by atoms with Gasteiger partial charge < -0.3 is 15.2 Å². The molecule has 0 fully saturated rings. The lowest BCUT2D eigenvalue weighted by atomic mass is 10.00. The third kappa shape index (κ3) is 4.82. The number of amides is 3. The van der Waals surface area contributed by atoms with Gasteiger partial charge in [0.05, 0.1) is 6.42 Å². The molecule has 4 aromatic rings. The van der Waals surface area contributed by atoms with Crippen LogP contribution in [0.25, 0.3) is 22.0 Å². The minimum absolute atomic E-state index is 0.177. The molecule has 1 heterocycles. The van der Waals surface area contributed by atoms with Gasteiger partial charge in [0, 0.05) is 48.0 Å². The minimum Gasteiger partial charge on any atom is -0.361 e. The number of para-hydroxylation sites is 1. The third-order valence-electron chi connectivity index (χ3n) is 5.48. The average Bonchev–Trinajstić information content (AvgIpc) is 3.25. The quantitative estimate of drug-likeness (QED) is 0.261. The third-order valence-corrected chi connectivity index (χ3v) is 5.48. The van der Waals surface area contributed by atoms with Gasteiger partial charge in [-0.1, -0.05) is 30.3 Å². The smallest absolute Gasteiger partial charge is 0.274 e. The summed E-state index contributed by atoms with van der Waals surface area (Å²) in [5, 5.41) is 12.7. The number of hydroxylamine groups is 1. The van der Waals surface area contributed by atoms with Crippen molar-refractivity contribution in [3.63, 3.8) is 0 Å². The Balaban J connectivity index is 1.63. The maximum atomic E-state index is 12.9. The predicted octanol–water partition coefficient (Wildman–Crippen LogP) is 3.84. The SMILES string of the molecule is CN(C)C(=O)c1cc(NC(=O)Cc2c[nH]c3ccccc23)cc(-c2ccc(C(=O)NO)cc2)c1. The van der Waals surface area contributed by atoms with E-state index in [0.717, 1.165) is 22.0 Å². The van der Waals surface area contributed by atoms with Crippen LogP contribution in [0.5, 0.6) is 0 Å². The highest BCUT2D eigenvalue weighted by Crippen LogP contribution is 2.27. The molecule has 0 saturated carbocycles. The zero-order valence-electron chi connectivity index (χ0n) is 18.8. The number of nitrogens with zero attached hydrogens (tertiary/aromatic N) is 1. The monoisotopic (exact) mass is 456 g/mol. The van der Waals surface area contributed by atoms with Gasteiger partial charge in [-0.15, -0.1) is 0 Å². The Kier molecular flexibility index (Phi) is 6.42. The second kappa shape index (κ2) is 9.60. The lowest BCUT2D eigenvalue weighted by Gasteiger charge is -2.14. The number of aromatic nitrogens is 1. The number of carbonyl (C=O) groups is 3. The number of H-pyrrole nitrogens is 1. The van der Waals surface area contributed by atoms with E-state index in [1.54, 1.807) is 62.0 Å². The molecule has 0 spiro atoms. The van der Waals surface area contributed by atoms with Crippen LogP contribution in [0.15, 0.2) is 72.9 Å². The van der Waals surface area contributed by atoms with Crippen molar-refractivity contribution in [2.45, 2.75) is 6.42 Å². The fraction of sp³-hybridized carbons (Fsp3) is 0.115. The van der Waals surface area contributed by atoms with E-state index < -0.39 is 5.91 Å². The van der Waals surface area contributed by atoms with Crippen LogP contribution < -0.4 is 10.8 Å². The van der Waals surface area contributed by atoms with Crippen LogP contribution in [-0.4, -0.2) is 46.9 Å². The molecular formula is C26H24N4O4. The van der Waals surface area contributed by atoms with Gasteiger partial charge in [-0.05, 0) is 53.1 Å².